The Bertz CT molecular complexity index is 1430. The Morgan fingerprint density at radius 2 is 1.67 bits per heavy atom. The van der Waals surface area contributed by atoms with Crippen molar-refractivity contribution in [1.29, 1.82) is 0 Å². The summed E-state index contributed by atoms with van der Waals surface area (Å²) in [5, 5.41) is 11.5. The van der Waals surface area contributed by atoms with Gasteiger partial charge in [0.2, 0.25) is 0 Å². The molecule has 0 aromatic heterocycles. The molecule has 1 aliphatic rings. The van der Waals surface area contributed by atoms with Crippen molar-refractivity contribution in [2.75, 3.05) is 34.0 Å². The number of aryl methyl sites for hydroxylation is 1. The Morgan fingerprint density at radius 1 is 0.884 bits per heavy atom. The largest absolute Gasteiger partial charge is 0.507 e. The fourth-order valence-electron chi connectivity index (χ4n) is 5.18. The molecule has 0 spiro atoms. The number of ether oxygens (including phenoxy) is 4. The van der Waals surface area contributed by atoms with Gasteiger partial charge in [0.15, 0.2) is 11.5 Å². The van der Waals surface area contributed by atoms with E-state index in [9.17, 15) is 14.7 Å². The van der Waals surface area contributed by atoms with Gasteiger partial charge in [0.25, 0.3) is 11.7 Å². The zero-order valence-electron chi connectivity index (χ0n) is 25.4. The summed E-state index contributed by atoms with van der Waals surface area (Å²) in [7, 11) is 3.14. The predicted octanol–water partition coefficient (Wildman–Crippen LogP) is 6.61. The van der Waals surface area contributed by atoms with Crippen LogP contribution in [0.25, 0.3) is 5.76 Å². The Labute approximate surface area is 253 Å². The standard InChI is InChI=1S/C35H41NO7/c1-5-6-7-20-42-29-17-14-27(22-30(29)41-4)32-31(34(38)35(39)36(32)18-9-19-40-3)33(37)26-12-15-28(16-13-26)43-23-25-11-8-10-24(2)21-25/h8,10-17,21-22,32,37H,5-7,9,18-20,23H2,1-4H3. The third-order valence-corrected chi connectivity index (χ3v) is 7.41. The van der Waals surface area contributed by atoms with Gasteiger partial charge >= 0.3 is 0 Å². The molecule has 8 heteroatoms. The minimum Gasteiger partial charge on any atom is -0.507 e. The molecule has 1 amide bonds. The highest BCUT2D eigenvalue weighted by Crippen LogP contribution is 2.42. The molecule has 3 aromatic carbocycles. The second kappa shape index (κ2) is 15.3. The molecule has 0 radical (unpaired) electrons. The number of benzene rings is 3. The molecular weight excluding hydrogens is 546 g/mol. The van der Waals surface area contributed by atoms with E-state index >= 15 is 0 Å². The summed E-state index contributed by atoms with van der Waals surface area (Å²) in [6.45, 7) is 5.83. The lowest BCUT2D eigenvalue weighted by atomic mass is 9.95. The summed E-state index contributed by atoms with van der Waals surface area (Å²) in [5.74, 6) is 0.0419. The number of methoxy groups -OCH3 is 2. The van der Waals surface area contributed by atoms with Crippen molar-refractivity contribution in [3.05, 3.63) is 94.6 Å². The molecule has 1 N–H and O–H groups in total. The van der Waals surface area contributed by atoms with Crippen molar-refractivity contribution < 1.29 is 33.6 Å². The number of Topliss-reactive ketones (excluding diaryl/α,β-unsaturated/α-hetero) is 1. The number of carbonyl (C=O) groups excluding carboxylic acids is 2. The van der Waals surface area contributed by atoms with Crippen LogP contribution < -0.4 is 14.2 Å². The van der Waals surface area contributed by atoms with E-state index in [1.165, 1.54) is 4.90 Å². The highest BCUT2D eigenvalue weighted by molar-refractivity contribution is 6.46. The monoisotopic (exact) mass is 587 g/mol. The molecule has 1 unspecified atom stereocenters. The van der Waals surface area contributed by atoms with E-state index in [0.29, 0.717) is 54.6 Å². The van der Waals surface area contributed by atoms with Crippen LogP contribution in [0.2, 0.25) is 0 Å². The van der Waals surface area contributed by atoms with Crippen LogP contribution in [0, 0.1) is 6.92 Å². The Kier molecular flexibility index (Phi) is 11.2. The summed E-state index contributed by atoms with van der Waals surface area (Å²) < 4.78 is 22.7. The third kappa shape index (κ3) is 7.76. The highest BCUT2D eigenvalue weighted by Gasteiger charge is 2.46. The average Bonchev–Trinajstić information content (AvgIpc) is 3.27. The van der Waals surface area contributed by atoms with Gasteiger partial charge in [0, 0.05) is 25.8 Å². The zero-order chi connectivity index (χ0) is 30.8. The number of hydrogen-bond donors (Lipinski definition) is 1. The molecule has 0 saturated carbocycles. The van der Waals surface area contributed by atoms with Gasteiger partial charge in [-0.25, -0.2) is 0 Å². The van der Waals surface area contributed by atoms with Crippen molar-refractivity contribution in [2.45, 2.75) is 52.2 Å². The molecule has 4 rings (SSSR count). The van der Waals surface area contributed by atoms with Crippen molar-refractivity contribution in [3.8, 4) is 17.2 Å². The molecule has 1 aliphatic heterocycles. The van der Waals surface area contributed by atoms with E-state index in [2.05, 4.69) is 13.0 Å². The zero-order valence-corrected chi connectivity index (χ0v) is 25.4. The first kappa shape index (κ1) is 31.6. The Morgan fingerprint density at radius 3 is 2.37 bits per heavy atom. The molecule has 1 fully saturated rings. The number of unbranched alkanes of at least 4 members (excludes halogenated alkanes) is 2. The second-order valence-electron chi connectivity index (χ2n) is 10.6. The van der Waals surface area contributed by atoms with E-state index < -0.39 is 17.7 Å². The lowest BCUT2D eigenvalue weighted by Gasteiger charge is -2.26. The molecule has 0 aliphatic carbocycles. The Balaban J connectivity index is 1.64. The molecule has 8 nitrogen and oxygen atoms in total. The summed E-state index contributed by atoms with van der Waals surface area (Å²) in [5.41, 5.74) is 3.27. The van der Waals surface area contributed by atoms with Crippen LogP contribution in [-0.2, 0) is 20.9 Å². The minimum absolute atomic E-state index is 0.0227. The maximum absolute atomic E-state index is 13.4. The average molecular weight is 588 g/mol. The summed E-state index contributed by atoms with van der Waals surface area (Å²) >= 11 is 0. The van der Waals surface area contributed by atoms with Crippen LogP contribution in [0.5, 0.6) is 17.2 Å². The first-order valence-electron chi connectivity index (χ1n) is 14.7. The maximum atomic E-state index is 13.4. The molecule has 228 valence electrons. The van der Waals surface area contributed by atoms with Gasteiger partial charge in [0.05, 0.1) is 25.3 Å². The summed E-state index contributed by atoms with van der Waals surface area (Å²) in [6, 6.07) is 19.5. The SMILES string of the molecule is CCCCCOc1ccc(C2C(=C(O)c3ccc(OCc4cccc(C)c4)cc3)C(=O)C(=O)N2CCCOC)cc1OC. The van der Waals surface area contributed by atoms with Crippen LogP contribution >= 0.6 is 0 Å². The fourth-order valence-corrected chi connectivity index (χ4v) is 5.18. The fraction of sp³-hybridized carbons (Fsp3) is 0.371. The molecule has 43 heavy (non-hydrogen) atoms. The summed E-state index contributed by atoms with van der Waals surface area (Å²) in [4.78, 5) is 28.2. The van der Waals surface area contributed by atoms with Gasteiger partial charge in [0.1, 0.15) is 18.1 Å². The van der Waals surface area contributed by atoms with Crippen LogP contribution in [0.1, 0.15) is 60.9 Å². The van der Waals surface area contributed by atoms with Crippen molar-refractivity contribution in [2.24, 2.45) is 0 Å². The number of ketones is 1. The van der Waals surface area contributed by atoms with E-state index in [1.54, 1.807) is 50.6 Å². The number of amides is 1. The molecule has 1 atom stereocenters. The number of rotatable bonds is 15. The van der Waals surface area contributed by atoms with Crippen molar-refractivity contribution >= 4 is 17.4 Å². The molecule has 0 bridgehead atoms. The number of likely N-dealkylation sites (tertiary alicyclic amines) is 1. The molecular formula is C35H41NO7. The van der Waals surface area contributed by atoms with E-state index in [0.717, 1.165) is 30.4 Å². The number of carbonyl (C=O) groups is 2. The van der Waals surface area contributed by atoms with Gasteiger partial charge < -0.3 is 29.0 Å². The van der Waals surface area contributed by atoms with Gasteiger partial charge in [-0.1, -0.05) is 55.7 Å². The normalized spacial score (nSPS) is 16.0. The van der Waals surface area contributed by atoms with E-state index in [1.807, 2.05) is 31.2 Å². The van der Waals surface area contributed by atoms with Gasteiger partial charge in [-0.05, 0) is 67.3 Å². The molecule has 1 saturated heterocycles. The van der Waals surface area contributed by atoms with E-state index in [-0.39, 0.29) is 17.9 Å². The predicted molar refractivity (Wildman–Crippen MR) is 165 cm³/mol. The lowest BCUT2D eigenvalue weighted by molar-refractivity contribution is -0.140. The van der Waals surface area contributed by atoms with Crippen LogP contribution in [0.4, 0.5) is 0 Å². The van der Waals surface area contributed by atoms with Crippen LogP contribution in [-0.4, -0.2) is 55.7 Å². The van der Waals surface area contributed by atoms with Gasteiger partial charge in [-0.3, -0.25) is 9.59 Å². The smallest absolute Gasteiger partial charge is 0.295 e. The maximum Gasteiger partial charge on any atom is 0.295 e. The third-order valence-electron chi connectivity index (χ3n) is 7.41. The molecule has 1 heterocycles. The van der Waals surface area contributed by atoms with E-state index in [4.69, 9.17) is 18.9 Å². The van der Waals surface area contributed by atoms with Gasteiger partial charge in [-0.2, -0.15) is 0 Å². The molecule has 3 aromatic rings. The second-order valence-corrected chi connectivity index (χ2v) is 10.6. The lowest BCUT2D eigenvalue weighted by Crippen LogP contribution is -2.31. The van der Waals surface area contributed by atoms with Crippen LogP contribution in [0.15, 0.2) is 72.3 Å². The summed E-state index contributed by atoms with van der Waals surface area (Å²) in [6.07, 6.45) is 3.61. The first-order chi connectivity index (χ1) is 20.9. The van der Waals surface area contributed by atoms with Crippen LogP contribution in [0.3, 0.4) is 0 Å². The van der Waals surface area contributed by atoms with Gasteiger partial charge in [-0.15, -0.1) is 0 Å². The number of aliphatic hydroxyl groups excluding tert-OH is 1. The van der Waals surface area contributed by atoms with Crippen molar-refractivity contribution in [1.82, 2.24) is 4.90 Å². The topological polar surface area (TPSA) is 94.5 Å². The Hall–Kier alpha value is -4.30. The number of aliphatic hydroxyl groups is 1. The highest BCUT2D eigenvalue weighted by atomic mass is 16.5. The number of hydrogen-bond acceptors (Lipinski definition) is 7. The minimum atomic E-state index is -0.808. The number of nitrogens with zero attached hydrogens (tertiary/aromatic N) is 1. The quantitative estimate of drug-likeness (QED) is 0.0925. The van der Waals surface area contributed by atoms with Crippen molar-refractivity contribution in [3.63, 3.8) is 0 Å². The first-order valence-corrected chi connectivity index (χ1v) is 14.7.